The first-order chi connectivity index (χ1) is 12.5. The number of para-hydroxylation sites is 1. The van der Waals surface area contributed by atoms with Gasteiger partial charge in [-0.3, -0.25) is 0 Å². The molecule has 0 aromatic heterocycles. The molecular formula is C22H30N4. The van der Waals surface area contributed by atoms with E-state index in [1.807, 2.05) is 11.1 Å². The minimum Gasteiger partial charge on any atom is -0.396 e. The fraction of sp³-hybridized carbons (Fsp3) is 0.364. The molecule has 0 radical (unpaired) electrons. The van der Waals surface area contributed by atoms with Crippen LogP contribution in [0.1, 0.15) is 50.8 Å². The molecule has 0 amide bonds. The quantitative estimate of drug-likeness (QED) is 0.642. The third-order valence-corrected chi connectivity index (χ3v) is 5.32. The molecule has 1 aliphatic rings. The van der Waals surface area contributed by atoms with Crippen LogP contribution in [-0.4, -0.2) is 17.1 Å². The lowest BCUT2D eigenvalue weighted by molar-refractivity contribution is 0.314. The Morgan fingerprint density at radius 1 is 1.00 bits per heavy atom. The van der Waals surface area contributed by atoms with Crippen molar-refractivity contribution in [2.75, 3.05) is 4.90 Å². The molecule has 2 aromatic carbocycles. The van der Waals surface area contributed by atoms with Gasteiger partial charge in [0.25, 0.3) is 0 Å². The summed E-state index contributed by atoms with van der Waals surface area (Å²) in [4.78, 5) is 2.40. The molecule has 4 N–H and O–H groups in total. The molecule has 0 aliphatic carbocycles. The van der Waals surface area contributed by atoms with Gasteiger partial charge in [0.15, 0.2) is 0 Å². The second-order valence-corrected chi connectivity index (χ2v) is 7.32. The van der Waals surface area contributed by atoms with E-state index in [9.17, 15) is 0 Å². The molecule has 4 heteroatoms. The van der Waals surface area contributed by atoms with E-state index in [0.29, 0.717) is 6.04 Å². The first-order valence-corrected chi connectivity index (χ1v) is 9.43. The van der Waals surface area contributed by atoms with Crippen molar-refractivity contribution in [1.29, 1.82) is 0 Å². The molecule has 3 rings (SSSR count). The molecule has 0 fully saturated rings. The topological polar surface area (TPSA) is 58.5 Å². The molecule has 4 nitrogen and oxygen atoms in total. The zero-order valence-electron chi connectivity index (χ0n) is 16.2. The number of rotatable bonds is 4. The second-order valence-electron chi connectivity index (χ2n) is 7.32. The number of benzene rings is 2. The summed E-state index contributed by atoms with van der Waals surface area (Å²) in [6.07, 6.45) is 0.954. The molecule has 0 bridgehead atoms. The Bertz CT molecular complexity index is 809. The van der Waals surface area contributed by atoms with Gasteiger partial charge in [-0.1, -0.05) is 49.4 Å². The van der Waals surface area contributed by atoms with E-state index in [-0.39, 0.29) is 6.04 Å². The van der Waals surface area contributed by atoms with Gasteiger partial charge in [0.1, 0.15) is 0 Å². The zero-order chi connectivity index (χ0) is 18.8. The summed E-state index contributed by atoms with van der Waals surface area (Å²) >= 11 is 0. The summed E-state index contributed by atoms with van der Waals surface area (Å²) in [5.74, 6) is 6.56. The van der Waals surface area contributed by atoms with Crippen LogP contribution in [-0.2, 0) is 6.54 Å². The van der Waals surface area contributed by atoms with Crippen LogP contribution in [0.15, 0.2) is 48.5 Å². The van der Waals surface area contributed by atoms with Crippen molar-refractivity contribution in [1.82, 2.24) is 5.01 Å². The van der Waals surface area contributed by atoms with Crippen molar-refractivity contribution >= 4 is 17.1 Å². The summed E-state index contributed by atoms with van der Waals surface area (Å²) in [6.45, 7) is 9.54. The van der Waals surface area contributed by atoms with Crippen LogP contribution in [0.5, 0.6) is 0 Å². The van der Waals surface area contributed by atoms with Gasteiger partial charge < -0.3 is 15.6 Å². The minimum atomic E-state index is 0.199. The Morgan fingerprint density at radius 2 is 1.62 bits per heavy atom. The molecule has 1 atom stereocenters. The van der Waals surface area contributed by atoms with Crippen LogP contribution >= 0.6 is 0 Å². The van der Waals surface area contributed by atoms with Gasteiger partial charge in [-0.25, -0.2) is 5.84 Å². The first kappa shape index (κ1) is 18.3. The molecule has 0 spiro atoms. The summed E-state index contributed by atoms with van der Waals surface area (Å²) in [7, 11) is 0. The molecule has 138 valence electrons. The Kier molecular flexibility index (Phi) is 5.23. The number of anilines is 1. The van der Waals surface area contributed by atoms with Gasteiger partial charge >= 0.3 is 0 Å². The van der Waals surface area contributed by atoms with E-state index in [1.54, 1.807) is 0 Å². The maximum atomic E-state index is 6.76. The molecule has 1 heterocycles. The number of hydrazine groups is 1. The van der Waals surface area contributed by atoms with Crippen LogP contribution < -0.4 is 16.5 Å². The van der Waals surface area contributed by atoms with Crippen molar-refractivity contribution in [3.63, 3.8) is 0 Å². The molecule has 0 saturated carbocycles. The number of hydrogen-bond acceptors (Lipinski definition) is 4. The van der Waals surface area contributed by atoms with E-state index in [4.69, 9.17) is 11.6 Å². The highest BCUT2D eigenvalue weighted by Crippen LogP contribution is 2.37. The number of fused-ring (bicyclic) bond motifs is 2. The number of nitrogens with zero attached hydrogens (tertiary/aromatic N) is 2. The smallest absolute Gasteiger partial charge is 0.0832 e. The van der Waals surface area contributed by atoms with Crippen molar-refractivity contribution in [2.45, 2.75) is 52.7 Å². The van der Waals surface area contributed by atoms with Crippen LogP contribution in [0.4, 0.5) is 5.69 Å². The predicted molar refractivity (Wildman–Crippen MR) is 111 cm³/mol. The van der Waals surface area contributed by atoms with Gasteiger partial charge in [0, 0.05) is 35.4 Å². The zero-order valence-corrected chi connectivity index (χ0v) is 16.2. The van der Waals surface area contributed by atoms with Gasteiger partial charge in [-0.05, 0) is 38.8 Å². The maximum Gasteiger partial charge on any atom is 0.0832 e. The minimum absolute atomic E-state index is 0.199. The highest BCUT2D eigenvalue weighted by molar-refractivity contribution is 5.93. The van der Waals surface area contributed by atoms with Crippen LogP contribution in [0.3, 0.4) is 0 Å². The summed E-state index contributed by atoms with van der Waals surface area (Å²) in [5.41, 5.74) is 13.0. The highest BCUT2D eigenvalue weighted by atomic mass is 15.4. The van der Waals surface area contributed by atoms with E-state index in [0.717, 1.165) is 41.2 Å². The van der Waals surface area contributed by atoms with Gasteiger partial charge in [-0.2, -0.15) is 0 Å². The van der Waals surface area contributed by atoms with E-state index in [1.165, 1.54) is 5.56 Å². The monoisotopic (exact) mass is 350 g/mol. The standard InChI is InChI=1S/C22H30N4/c1-5-16(4)26(24)22-18-11-7-6-10-17(18)14-25(15(2)3)20-13-9-8-12-19(20)21(22)23/h6-13,15-16H,5,14,23-24H2,1-4H3/b22-21-. The fourth-order valence-electron chi connectivity index (χ4n) is 3.54. The third-order valence-electron chi connectivity index (χ3n) is 5.32. The lowest BCUT2D eigenvalue weighted by Crippen LogP contribution is -2.40. The highest BCUT2D eigenvalue weighted by Gasteiger charge is 2.26. The van der Waals surface area contributed by atoms with Crippen LogP contribution in [0.2, 0.25) is 0 Å². The Balaban J connectivity index is 2.32. The lowest BCUT2D eigenvalue weighted by Gasteiger charge is -2.37. The number of nitrogens with two attached hydrogens (primary N) is 2. The average Bonchev–Trinajstić information content (AvgIpc) is 2.65. The first-order valence-electron chi connectivity index (χ1n) is 9.43. The number of hydrogen-bond donors (Lipinski definition) is 2. The SMILES string of the molecule is CCC(C)N(N)/C1=C(\N)c2ccccc2N(C(C)C)Cc2ccccc21. The lowest BCUT2D eigenvalue weighted by atomic mass is 9.94. The van der Waals surface area contributed by atoms with Crippen LogP contribution in [0.25, 0.3) is 11.4 Å². The van der Waals surface area contributed by atoms with E-state index in [2.05, 4.69) is 75.1 Å². The predicted octanol–water partition coefficient (Wildman–Crippen LogP) is 4.17. The Hall–Kier alpha value is -2.46. The van der Waals surface area contributed by atoms with E-state index >= 15 is 0 Å². The Morgan fingerprint density at radius 3 is 2.27 bits per heavy atom. The van der Waals surface area contributed by atoms with Crippen molar-refractivity contribution in [3.8, 4) is 0 Å². The second kappa shape index (κ2) is 7.42. The summed E-state index contributed by atoms with van der Waals surface area (Å²) in [6, 6.07) is 17.4. The van der Waals surface area contributed by atoms with E-state index < -0.39 is 0 Å². The van der Waals surface area contributed by atoms with Crippen molar-refractivity contribution in [2.24, 2.45) is 11.6 Å². The van der Waals surface area contributed by atoms with Crippen molar-refractivity contribution in [3.05, 3.63) is 65.2 Å². The van der Waals surface area contributed by atoms with Crippen LogP contribution in [0, 0.1) is 0 Å². The maximum absolute atomic E-state index is 6.76. The van der Waals surface area contributed by atoms with Crippen molar-refractivity contribution < 1.29 is 0 Å². The van der Waals surface area contributed by atoms with Gasteiger partial charge in [-0.15, -0.1) is 0 Å². The molecule has 26 heavy (non-hydrogen) atoms. The molecule has 2 aromatic rings. The third kappa shape index (κ3) is 3.17. The fourth-order valence-corrected chi connectivity index (χ4v) is 3.54. The molecule has 1 aliphatic heterocycles. The molecule has 0 saturated heterocycles. The largest absolute Gasteiger partial charge is 0.396 e. The average molecular weight is 351 g/mol. The summed E-state index contributed by atoms with van der Waals surface area (Å²) < 4.78 is 0. The normalized spacial score (nSPS) is 18.0. The molecule has 1 unspecified atom stereocenters. The molecular weight excluding hydrogens is 320 g/mol. The van der Waals surface area contributed by atoms with Gasteiger partial charge in [0.2, 0.25) is 0 Å². The Labute approximate surface area is 157 Å². The van der Waals surface area contributed by atoms with Gasteiger partial charge in [0.05, 0.1) is 11.4 Å². The summed E-state index contributed by atoms with van der Waals surface area (Å²) in [5, 5.41) is 1.84.